The van der Waals surface area contributed by atoms with Crippen LogP contribution in [-0.4, -0.2) is 47.0 Å². The van der Waals surface area contributed by atoms with Gasteiger partial charge in [0.1, 0.15) is 11.6 Å². The summed E-state index contributed by atoms with van der Waals surface area (Å²) < 4.78 is 20.3. The highest BCUT2D eigenvalue weighted by molar-refractivity contribution is 6.33. The van der Waals surface area contributed by atoms with Crippen molar-refractivity contribution in [3.8, 4) is 11.8 Å². The molecule has 198 valence electrons. The highest BCUT2D eigenvalue weighted by atomic mass is 35.5. The number of benzene rings is 2. The number of imide groups is 1. The van der Waals surface area contributed by atoms with Gasteiger partial charge in [0.15, 0.2) is 11.6 Å². The van der Waals surface area contributed by atoms with E-state index in [9.17, 15) is 19.2 Å². The molecule has 0 bridgehead atoms. The van der Waals surface area contributed by atoms with Gasteiger partial charge in [-0.1, -0.05) is 35.0 Å². The highest BCUT2D eigenvalue weighted by Crippen LogP contribution is 2.37. The van der Waals surface area contributed by atoms with E-state index in [1.54, 1.807) is 45.1 Å². The Kier molecular flexibility index (Phi) is 8.92. The number of hydrogen-bond donors (Lipinski definition) is 1. The molecule has 1 fully saturated rings. The number of allylic oxidation sites excluding steroid dienone is 4. The Labute approximate surface area is 225 Å². The van der Waals surface area contributed by atoms with Crippen LogP contribution in [0, 0.1) is 24.1 Å². The lowest BCUT2D eigenvalue weighted by Gasteiger charge is -2.27. The summed E-state index contributed by atoms with van der Waals surface area (Å²) in [5.41, 5.74) is 1.16. The van der Waals surface area contributed by atoms with Crippen LogP contribution in [-0.2, 0) is 4.79 Å². The first-order chi connectivity index (χ1) is 18.1. The summed E-state index contributed by atoms with van der Waals surface area (Å²) in [6, 6.07) is 9.01. The maximum Gasteiger partial charge on any atom is 0.332 e. The van der Waals surface area contributed by atoms with Crippen molar-refractivity contribution >= 4 is 41.0 Å². The summed E-state index contributed by atoms with van der Waals surface area (Å²) in [5.74, 6) is -0.923. The van der Waals surface area contributed by atoms with Gasteiger partial charge in [-0.3, -0.25) is 4.79 Å². The fourth-order valence-corrected chi connectivity index (χ4v) is 4.37. The predicted octanol–water partition coefficient (Wildman–Crippen LogP) is 6.10. The summed E-state index contributed by atoms with van der Waals surface area (Å²) in [6.07, 6.45) is 6.62. The van der Waals surface area contributed by atoms with Crippen LogP contribution in [0.5, 0.6) is 5.75 Å². The van der Waals surface area contributed by atoms with E-state index in [0.717, 1.165) is 4.90 Å². The summed E-state index contributed by atoms with van der Waals surface area (Å²) in [6.45, 7) is 7.10. The van der Waals surface area contributed by atoms with Gasteiger partial charge in [0.25, 0.3) is 5.91 Å². The first-order valence-corrected chi connectivity index (χ1v) is 12.2. The molecule has 2 aromatic rings. The number of anilines is 1. The average Bonchev–Trinajstić information content (AvgIpc) is 3.05. The van der Waals surface area contributed by atoms with Gasteiger partial charge in [0, 0.05) is 6.54 Å². The summed E-state index contributed by atoms with van der Waals surface area (Å²) >= 11 is 6.26. The summed E-state index contributed by atoms with van der Waals surface area (Å²) in [5, 5.41) is 21.0. The van der Waals surface area contributed by atoms with Crippen LogP contribution in [0.1, 0.15) is 43.9 Å². The topological polar surface area (TPSA) is 106 Å². The van der Waals surface area contributed by atoms with Crippen LogP contribution < -0.4 is 9.64 Å². The molecule has 10 heteroatoms. The van der Waals surface area contributed by atoms with Gasteiger partial charge in [-0.25, -0.2) is 14.1 Å². The molecular formula is C28H28ClFN4O4. The molecule has 3 rings (SSSR count). The highest BCUT2D eigenvalue weighted by Gasteiger charge is 2.51. The van der Waals surface area contributed by atoms with E-state index in [1.807, 2.05) is 13.0 Å². The molecule has 0 atom stereocenters. The molecule has 1 N–H and O–H groups in total. The molecule has 8 nitrogen and oxygen atoms in total. The maximum absolute atomic E-state index is 14.7. The van der Waals surface area contributed by atoms with Gasteiger partial charge in [-0.05, 0) is 81.2 Å². The van der Waals surface area contributed by atoms with Crippen LogP contribution in [0.2, 0.25) is 5.02 Å². The second-order valence-electron chi connectivity index (χ2n) is 9.05. The lowest BCUT2D eigenvalue weighted by molar-refractivity contribution is -0.123. The molecule has 1 aliphatic rings. The molecular weight excluding hydrogens is 511 g/mol. The molecule has 1 aliphatic heterocycles. The molecule has 2 aromatic carbocycles. The second kappa shape index (κ2) is 11.9. The molecule has 1 saturated heterocycles. The number of carbonyl (C=O) groups excluding carboxylic acids is 2. The summed E-state index contributed by atoms with van der Waals surface area (Å²) in [4.78, 5) is 29.0. The van der Waals surface area contributed by atoms with Crippen molar-refractivity contribution in [2.45, 2.75) is 39.7 Å². The van der Waals surface area contributed by atoms with Crippen LogP contribution in [0.25, 0.3) is 5.57 Å². The average molecular weight is 539 g/mol. The lowest BCUT2D eigenvalue weighted by atomic mass is 10.0. The molecule has 0 aliphatic carbocycles. The Balaban J connectivity index is 1.69. The smallest absolute Gasteiger partial charge is 0.332 e. The number of ether oxygens (including phenoxy) is 1. The third-order valence-electron chi connectivity index (χ3n) is 6.26. The minimum absolute atomic E-state index is 0.0527. The number of halogens is 2. The molecule has 0 aromatic heterocycles. The summed E-state index contributed by atoms with van der Waals surface area (Å²) in [7, 11) is 0. The van der Waals surface area contributed by atoms with E-state index >= 15 is 0 Å². The molecule has 1 heterocycles. The number of amides is 3. The van der Waals surface area contributed by atoms with Gasteiger partial charge < -0.3 is 14.8 Å². The maximum atomic E-state index is 14.7. The molecule has 0 radical (unpaired) electrons. The van der Waals surface area contributed by atoms with Gasteiger partial charge in [0.2, 0.25) is 0 Å². The van der Waals surface area contributed by atoms with Crippen LogP contribution in [0.3, 0.4) is 0 Å². The van der Waals surface area contributed by atoms with E-state index < -0.39 is 23.3 Å². The minimum Gasteiger partial charge on any atom is -0.490 e. The van der Waals surface area contributed by atoms with Gasteiger partial charge in [-0.15, -0.1) is 0 Å². The van der Waals surface area contributed by atoms with E-state index in [-0.39, 0.29) is 29.5 Å². The zero-order chi connectivity index (χ0) is 28.0. The van der Waals surface area contributed by atoms with E-state index in [1.165, 1.54) is 35.4 Å². The van der Waals surface area contributed by atoms with Crippen molar-refractivity contribution in [2.24, 2.45) is 5.16 Å². The van der Waals surface area contributed by atoms with Crippen molar-refractivity contribution < 1.29 is 23.9 Å². The lowest BCUT2D eigenvalue weighted by Crippen LogP contribution is -2.44. The largest absolute Gasteiger partial charge is 0.490 e. The Hall–Kier alpha value is -4.16. The number of nitrogens with zero attached hydrogens (tertiary/aromatic N) is 4. The molecule has 0 saturated carbocycles. The number of oxime groups is 1. The Bertz CT molecular complexity index is 1380. The first-order valence-electron chi connectivity index (χ1n) is 11.9. The standard InChI is InChI=1S/C28H28ClFN4O4/c1-5-7-19(12-13-32-37)20-9-11-24(22(30)16-20)38-15-6-14-33-27(36)34(26(35)28(33,3)4)23-10-8-21(17-31)25(29)18(23)2/h5,7-13,16,37H,6,14-15H2,1-4H3/b7-5-,19-12+,32-13+. The second-order valence-corrected chi connectivity index (χ2v) is 9.43. The number of hydrogen-bond acceptors (Lipinski definition) is 6. The fraction of sp³-hybridized carbons (Fsp3) is 0.286. The minimum atomic E-state index is -1.12. The zero-order valence-electron chi connectivity index (χ0n) is 21.5. The number of rotatable bonds is 9. The van der Waals surface area contributed by atoms with Crippen molar-refractivity contribution in [2.75, 3.05) is 18.1 Å². The molecule has 0 unspecified atom stereocenters. The fourth-order valence-electron chi connectivity index (χ4n) is 4.17. The van der Waals surface area contributed by atoms with Crippen molar-refractivity contribution in [3.05, 3.63) is 76.1 Å². The van der Waals surface area contributed by atoms with Gasteiger partial charge >= 0.3 is 6.03 Å². The Morgan fingerprint density at radius 1 is 1.29 bits per heavy atom. The zero-order valence-corrected chi connectivity index (χ0v) is 22.3. The van der Waals surface area contributed by atoms with E-state index in [4.69, 9.17) is 21.5 Å². The van der Waals surface area contributed by atoms with E-state index in [2.05, 4.69) is 5.16 Å². The molecule has 38 heavy (non-hydrogen) atoms. The van der Waals surface area contributed by atoms with Gasteiger partial charge in [0.05, 0.1) is 29.1 Å². The number of nitriles is 1. The number of urea groups is 1. The number of carbonyl (C=O) groups is 2. The predicted molar refractivity (Wildman–Crippen MR) is 144 cm³/mol. The molecule has 3 amide bonds. The third kappa shape index (κ3) is 5.55. The van der Waals surface area contributed by atoms with Gasteiger partial charge in [-0.2, -0.15) is 5.26 Å². The van der Waals surface area contributed by atoms with Crippen molar-refractivity contribution in [1.29, 1.82) is 5.26 Å². The third-order valence-corrected chi connectivity index (χ3v) is 6.75. The van der Waals surface area contributed by atoms with E-state index in [0.29, 0.717) is 28.8 Å². The SMILES string of the molecule is C\C=C/C(=C\C=N\O)c1ccc(OCCCN2C(=O)N(c3ccc(C#N)c(Cl)c3C)C(=O)C2(C)C)c(F)c1. The van der Waals surface area contributed by atoms with Crippen molar-refractivity contribution in [1.82, 2.24) is 4.90 Å². The Morgan fingerprint density at radius 3 is 2.66 bits per heavy atom. The van der Waals surface area contributed by atoms with Crippen LogP contribution in [0.15, 0.2) is 53.7 Å². The van der Waals surface area contributed by atoms with Crippen LogP contribution >= 0.6 is 11.6 Å². The monoisotopic (exact) mass is 538 g/mol. The molecule has 0 spiro atoms. The quantitative estimate of drug-likeness (QED) is 0.104. The first kappa shape index (κ1) is 28.4. The van der Waals surface area contributed by atoms with Crippen molar-refractivity contribution in [3.63, 3.8) is 0 Å². The van der Waals surface area contributed by atoms with Crippen LogP contribution in [0.4, 0.5) is 14.9 Å². The normalized spacial score (nSPS) is 15.7. The Morgan fingerprint density at radius 2 is 2.03 bits per heavy atom.